The average molecular weight is 433 g/mol. The number of hydrogen-bond acceptors (Lipinski definition) is 7. The molecule has 32 heavy (non-hydrogen) atoms. The van der Waals surface area contributed by atoms with E-state index in [0.717, 1.165) is 17.0 Å². The number of benzene rings is 3. The zero-order chi connectivity index (χ0) is 22.7. The summed E-state index contributed by atoms with van der Waals surface area (Å²) in [5.41, 5.74) is 3.46. The van der Waals surface area contributed by atoms with Crippen LogP contribution in [0.25, 0.3) is 16.7 Å². The fraction of sp³-hybridized carbons (Fsp3) is 0.136. The van der Waals surface area contributed by atoms with E-state index in [1.807, 2.05) is 37.3 Å². The topological polar surface area (TPSA) is 121 Å². The first-order valence-electron chi connectivity index (χ1n) is 9.62. The third kappa shape index (κ3) is 4.48. The number of nitro groups is 1. The van der Waals surface area contributed by atoms with Gasteiger partial charge in [0.05, 0.1) is 17.7 Å². The van der Waals surface area contributed by atoms with Crippen molar-refractivity contribution in [3.63, 3.8) is 0 Å². The number of amides is 1. The van der Waals surface area contributed by atoms with Gasteiger partial charge >= 0.3 is 0 Å². The molecule has 1 amide bonds. The Hall–Kier alpha value is -4.47. The van der Waals surface area contributed by atoms with Crippen LogP contribution in [-0.2, 0) is 4.79 Å². The molecule has 0 radical (unpaired) electrons. The van der Waals surface area contributed by atoms with Crippen molar-refractivity contribution in [3.05, 3.63) is 76.3 Å². The summed E-state index contributed by atoms with van der Waals surface area (Å²) in [4.78, 5) is 24.1. The van der Waals surface area contributed by atoms with Crippen LogP contribution in [0.3, 0.4) is 0 Å². The number of fused-ring (bicyclic) bond motifs is 1. The van der Waals surface area contributed by atoms with Gasteiger partial charge in [0.2, 0.25) is 0 Å². The van der Waals surface area contributed by atoms with Crippen molar-refractivity contribution in [2.75, 3.05) is 19.0 Å². The van der Waals surface area contributed by atoms with E-state index in [0.29, 0.717) is 22.5 Å². The lowest BCUT2D eigenvalue weighted by Gasteiger charge is -2.09. The van der Waals surface area contributed by atoms with E-state index in [1.165, 1.54) is 29.1 Å². The number of hydrogen-bond donors (Lipinski definition) is 1. The van der Waals surface area contributed by atoms with Gasteiger partial charge in [-0.15, -0.1) is 10.2 Å². The minimum absolute atomic E-state index is 0.0478. The maximum absolute atomic E-state index is 12.3. The Morgan fingerprint density at radius 2 is 1.66 bits per heavy atom. The molecule has 0 unspecified atom stereocenters. The van der Waals surface area contributed by atoms with Crippen LogP contribution in [0.15, 0.2) is 60.7 Å². The number of nitro benzene ring substituents is 1. The van der Waals surface area contributed by atoms with Gasteiger partial charge in [0.1, 0.15) is 22.5 Å². The van der Waals surface area contributed by atoms with Gasteiger partial charge in [-0.25, -0.2) is 0 Å². The van der Waals surface area contributed by atoms with E-state index < -0.39 is 4.92 Å². The quantitative estimate of drug-likeness (QED) is 0.349. The maximum atomic E-state index is 12.3. The lowest BCUT2D eigenvalue weighted by molar-refractivity contribution is -0.384. The summed E-state index contributed by atoms with van der Waals surface area (Å²) in [6.07, 6.45) is 0. The van der Waals surface area contributed by atoms with Crippen LogP contribution in [0.5, 0.6) is 11.5 Å². The molecule has 0 fully saturated rings. The number of nitrogens with zero attached hydrogens (tertiary/aromatic N) is 4. The normalized spacial score (nSPS) is 10.7. The number of carbonyl (C=O) groups excluding carboxylic acids is 1. The Morgan fingerprint density at radius 3 is 2.28 bits per heavy atom. The second kappa shape index (κ2) is 8.72. The first-order valence-corrected chi connectivity index (χ1v) is 9.62. The Labute approximate surface area is 182 Å². The standard InChI is InChI=1S/C22H19N5O5/c1-14-11-20-21(25-26(24-20)15-3-7-17(31-2)8-4-15)12-19(14)23-22(28)13-32-18-9-5-16(6-10-18)27(29)30/h3-12H,13H2,1-2H3,(H,23,28). The van der Waals surface area contributed by atoms with E-state index in [9.17, 15) is 14.9 Å². The minimum atomic E-state index is -0.500. The van der Waals surface area contributed by atoms with Crippen LogP contribution in [-0.4, -0.2) is 39.5 Å². The summed E-state index contributed by atoms with van der Waals surface area (Å²) in [7, 11) is 1.60. The Kier molecular flexibility index (Phi) is 5.67. The molecule has 1 N–H and O–H groups in total. The number of ether oxygens (including phenoxy) is 2. The van der Waals surface area contributed by atoms with Gasteiger partial charge < -0.3 is 14.8 Å². The van der Waals surface area contributed by atoms with Crippen LogP contribution in [0.4, 0.5) is 11.4 Å². The number of aromatic nitrogens is 3. The SMILES string of the molecule is COc1ccc(-n2nc3cc(C)c(NC(=O)COc4ccc([N+](=O)[O-])cc4)cc3n2)cc1. The summed E-state index contributed by atoms with van der Waals surface area (Å²) in [6.45, 7) is 1.62. The molecule has 0 saturated heterocycles. The van der Waals surface area contributed by atoms with Crippen molar-refractivity contribution in [1.82, 2.24) is 15.0 Å². The van der Waals surface area contributed by atoms with Gasteiger partial charge in [0.15, 0.2) is 6.61 Å². The number of methoxy groups -OCH3 is 1. The third-order valence-corrected chi connectivity index (χ3v) is 4.72. The third-order valence-electron chi connectivity index (χ3n) is 4.72. The predicted octanol–water partition coefficient (Wildman–Crippen LogP) is 3.66. The summed E-state index contributed by atoms with van der Waals surface area (Å²) in [5.74, 6) is 0.732. The number of carbonyl (C=O) groups is 1. The highest BCUT2D eigenvalue weighted by Gasteiger charge is 2.12. The molecule has 0 saturated carbocycles. The average Bonchev–Trinajstić information content (AvgIpc) is 3.21. The molecular weight excluding hydrogens is 414 g/mol. The highest BCUT2D eigenvalue weighted by molar-refractivity contribution is 5.95. The lowest BCUT2D eigenvalue weighted by atomic mass is 10.1. The molecule has 0 aliphatic rings. The molecule has 4 rings (SSSR count). The molecule has 0 spiro atoms. The maximum Gasteiger partial charge on any atom is 0.269 e. The smallest absolute Gasteiger partial charge is 0.269 e. The van der Waals surface area contributed by atoms with Gasteiger partial charge in [-0.05, 0) is 61.0 Å². The largest absolute Gasteiger partial charge is 0.497 e. The van der Waals surface area contributed by atoms with Crippen LogP contribution in [0.2, 0.25) is 0 Å². The lowest BCUT2D eigenvalue weighted by Crippen LogP contribution is -2.20. The van der Waals surface area contributed by atoms with Crippen molar-refractivity contribution >= 4 is 28.3 Å². The molecule has 1 aromatic heterocycles. The van der Waals surface area contributed by atoms with Crippen molar-refractivity contribution in [1.29, 1.82) is 0 Å². The molecule has 3 aromatic carbocycles. The molecule has 10 nitrogen and oxygen atoms in total. The van der Waals surface area contributed by atoms with E-state index in [1.54, 1.807) is 13.2 Å². The second-order valence-electron chi connectivity index (χ2n) is 6.93. The molecule has 0 aliphatic carbocycles. The summed E-state index contributed by atoms with van der Waals surface area (Å²) in [5, 5.41) is 22.5. The summed E-state index contributed by atoms with van der Waals surface area (Å²) >= 11 is 0. The second-order valence-corrected chi connectivity index (χ2v) is 6.93. The number of non-ortho nitro benzene ring substituents is 1. The van der Waals surface area contributed by atoms with Gasteiger partial charge in [0.25, 0.3) is 11.6 Å². The molecule has 4 aromatic rings. The predicted molar refractivity (Wildman–Crippen MR) is 117 cm³/mol. The molecular formula is C22H19N5O5. The first kappa shape index (κ1) is 20.8. The molecule has 162 valence electrons. The van der Waals surface area contributed by atoms with Gasteiger partial charge in [-0.3, -0.25) is 14.9 Å². The van der Waals surface area contributed by atoms with Crippen molar-refractivity contribution in [2.45, 2.75) is 6.92 Å². The Bertz CT molecular complexity index is 1280. The zero-order valence-electron chi connectivity index (χ0n) is 17.3. The van der Waals surface area contributed by atoms with Crippen LogP contribution in [0, 0.1) is 17.0 Å². The van der Waals surface area contributed by atoms with Gasteiger partial charge in [0, 0.05) is 17.8 Å². The van der Waals surface area contributed by atoms with Gasteiger partial charge in [-0.2, -0.15) is 4.80 Å². The van der Waals surface area contributed by atoms with E-state index in [4.69, 9.17) is 9.47 Å². The van der Waals surface area contributed by atoms with Crippen molar-refractivity contribution in [3.8, 4) is 17.2 Å². The fourth-order valence-electron chi connectivity index (χ4n) is 3.03. The zero-order valence-corrected chi connectivity index (χ0v) is 17.3. The minimum Gasteiger partial charge on any atom is -0.497 e. The molecule has 0 atom stereocenters. The van der Waals surface area contributed by atoms with Crippen LogP contribution < -0.4 is 14.8 Å². The Morgan fingerprint density at radius 1 is 1.03 bits per heavy atom. The van der Waals surface area contributed by atoms with E-state index in [2.05, 4.69) is 15.5 Å². The van der Waals surface area contributed by atoms with Crippen molar-refractivity contribution < 1.29 is 19.2 Å². The van der Waals surface area contributed by atoms with Crippen molar-refractivity contribution in [2.24, 2.45) is 0 Å². The first-order chi connectivity index (χ1) is 15.4. The number of nitrogens with one attached hydrogen (secondary N) is 1. The number of aryl methyl sites for hydroxylation is 1. The number of anilines is 1. The molecule has 0 aliphatic heterocycles. The highest BCUT2D eigenvalue weighted by Crippen LogP contribution is 2.23. The van der Waals surface area contributed by atoms with E-state index >= 15 is 0 Å². The van der Waals surface area contributed by atoms with Crippen LogP contribution in [0.1, 0.15) is 5.56 Å². The van der Waals surface area contributed by atoms with E-state index in [-0.39, 0.29) is 18.2 Å². The molecule has 10 heteroatoms. The summed E-state index contributed by atoms with van der Waals surface area (Å²) in [6, 6.07) is 16.5. The number of rotatable bonds is 7. The molecule has 0 bridgehead atoms. The highest BCUT2D eigenvalue weighted by atomic mass is 16.6. The summed E-state index contributed by atoms with van der Waals surface area (Å²) < 4.78 is 10.6. The van der Waals surface area contributed by atoms with Crippen LogP contribution >= 0.6 is 0 Å². The van der Waals surface area contributed by atoms with Gasteiger partial charge in [-0.1, -0.05) is 0 Å². The monoisotopic (exact) mass is 433 g/mol. The molecule has 1 heterocycles. The Balaban J connectivity index is 1.45. The fourth-order valence-corrected chi connectivity index (χ4v) is 3.03.